The van der Waals surface area contributed by atoms with Crippen LogP contribution in [0.25, 0.3) is 11.1 Å². The number of carbonyl (C=O) groups is 1. The van der Waals surface area contributed by atoms with Crippen molar-refractivity contribution < 1.29 is 9.90 Å². The van der Waals surface area contributed by atoms with Crippen LogP contribution in [0, 0.1) is 0 Å². The summed E-state index contributed by atoms with van der Waals surface area (Å²) in [6.45, 7) is 0. The maximum absolute atomic E-state index is 11.1. The summed E-state index contributed by atoms with van der Waals surface area (Å²) in [6, 6.07) is 8.99. The third-order valence-electron chi connectivity index (χ3n) is 3.55. The van der Waals surface area contributed by atoms with Gasteiger partial charge in [-0.1, -0.05) is 53.0 Å². The number of halogens is 3. The van der Waals surface area contributed by atoms with Crippen LogP contribution in [0.3, 0.4) is 0 Å². The van der Waals surface area contributed by atoms with Crippen molar-refractivity contribution >= 4 is 40.8 Å². The molecule has 1 aliphatic rings. The summed E-state index contributed by atoms with van der Waals surface area (Å²) in [6.07, 6.45) is -0.00168. The molecule has 0 aromatic heterocycles. The number of hydrogen-bond donors (Lipinski definition) is 1. The van der Waals surface area contributed by atoms with E-state index in [9.17, 15) is 4.79 Å². The van der Waals surface area contributed by atoms with E-state index < -0.39 is 5.97 Å². The van der Waals surface area contributed by atoms with Crippen LogP contribution < -0.4 is 0 Å². The molecule has 0 amide bonds. The van der Waals surface area contributed by atoms with Crippen LogP contribution in [0.4, 0.5) is 0 Å². The molecule has 1 N–H and O–H groups in total. The topological polar surface area (TPSA) is 37.3 Å². The minimum Gasteiger partial charge on any atom is -0.481 e. The summed E-state index contributed by atoms with van der Waals surface area (Å²) in [4.78, 5) is 11.1. The van der Waals surface area contributed by atoms with Crippen molar-refractivity contribution in [2.45, 2.75) is 12.3 Å². The zero-order chi connectivity index (χ0) is 14.4. The predicted molar refractivity (Wildman–Crippen MR) is 81.0 cm³/mol. The lowest BCUT2D eigenvalue weighted by atomic mass is 9.94. The number of carboxylic acids is 1. The average Bonchev–Trinajstić information content (AvgIpc) is 2.70. The Kier molecular flexibility index (Phi) is 3.41. The van der Waals surface area contributed by atoms with E-state index in [-0.39, 0.29) is 12.3 Å². The lowest BCUT2D eigenvalue weighted by Crippen LogP contribution is -2.05. The summed E-state index contributed by atoms with van der Waals surface area (Å²) in [5.41, 5.74) is 3.30. The van der Waals surface area contributed by atoms with Gasteiger partial charge in [-0.2, -0.15) is 0 Å². The van der Waals surface area contributed by atoms with E-state index in [4.69, 9.17) is 39.9 Å². The molecule has 0 saturated heterocycles. The zero-order valence-corrected chi connectivity index (χ0v) is 12.4. The molecule has 1 atom stereocenters. The highest BCUT2D eigenvalue weighted by Gasteiger charge is 2.33. The Bertz CT molecular complexity index is 725. The molecule has 3 rings (SSSR count). The van der Waals surface area contributed by atoms with Gasteiger partial charge >= 0.3 is 5.97 Å². The number of aliphatic carboxylic acids is 1. The number of carboxylic acid groups (broad SMARTS) is 1. The second-order valence-corrected chi connectivity index (χ2v) is 5.87. The van der Waals surface area contributed by atoms with E-state index >= 15 is 0 Å². The third-order valence-corrected chi connectivity index (χ3v) is 4.67. The summed E-state index contributed by atoms with van der Waals surface area (Å²) in [5.74, 6) is -1.11. The van der Waals surface area contributed by atoms with Crippen LogP contribution in [0.2, 0.25) is 15.1 Å². The number of hydrogen-bond acceptors (Lipinski definition) is 1. The lowest BCUT2D eigenvalue weighted by molar-refractivity contribution is -0.137. The molecule has 0 radical (unpaired) electrons. The maximum atomic E-state index is 11.1. The molecule has 0 bridgehead atoms. The SMILES string of the molecule is O=C(O)CC1c2cccc(Cl)c2-c2c1ccc(Cl)c2Cl. The van der Waals surface area contributed by atoms with Gasteiger partial charge in [-0.15, -0.1) is 0 Å². The van der Waals surface area contributed by atoms with Gasteiger partial charge in [-0.25, -0.2) is 0 Å². The number of fused-ring (bicyclic) bond motifs is 3. The standard InChI is InChI=1S/C15H9Cl3O2/c16-10-3-1-2-7-9(6-12(19)20)8-4-5-11(17)15(18)14(8)13(7)10/h1-5,9H,6H2,(H,19,20). The first-order chi connectivity index (χ1) is 9.50. The molecular formula is C15H9Cl3O2. The summed E-state index contributed by atoms with van der Waals surface area (Å²) in [5, 5.41) is 10.5. The fourth-order valence-corrected chi connectivity index (χ4v) is 3.47. The fourth-order valence-electron chi connectivity index (χ4n) is 2.77. The molecule has 2 aromatic carbocycles. The van der Waals surface area contributed by atoms with Gasteiger partial charge in [0.2, 0.25) is 0 Å². The van der Waals surface area contributed by atoms with E-state index in [1.165, 1.54) is 0 Å². The van der Waals surface area contributed by atoms with Crippen LogP contribution in [0.1, 0.15) is 23.5 Å². The minimum absolute atomic E-state index is 0.00168. The van der Waals surface area contributed by atoms with E-state index in [1.807, 2.05) is 18.2 Å². The van der Waals surface area contributed by atoms with Crippen molar-refractivity contribution in [3.8, 4) is 11.1 Å². The highest BCUT2D eigenvalue weighted by molar-refractivity contribution is 6.44. The van der Waals surface area contributed by atoms with Crippen molar-refractivity contribution in [3.63, 3.8) is 0 Å². The monoisotopic (exact) mass is 326 g/mol. The Balaban J connectivity index is 2.33. The zero-order valence-electron chi connectivity index (χ0n) is 10.2. The lowest BCUT2D eigenvalue weighted by Gasteiger charge is -2.11. The number of rotatable bonds is 2. The Hall–Kier alpha value is -1.22. The first kappa shape index (κ1) is 13.7. The molecule has 20 heavy (non-hydrogen) atoms. The van der Waals surface area contributed by atoms with Gasteiger partial charge in [0, 0.05) is 22.1 Å². The van der Waals surface area contributed by atoms with Crippen molar-refractivity contribution in [3.05, 3.63) is 56.5 Å². The van der Waals surface area contributed by atoms with Crippen molar-refractivity contribution in [2.24, 2.45) is 0 Å². The Morgan fingerprint density at radius 2 is 1.70 bits per heavy atom. The van der Waals surface area contributed by atoms with Crippen LogP contribution >= 0.6 is 34.8 Å². The summed E-state index contributed by atoms with van der Waals surface area (Å²) in [7, 11) is 0. The number of benzene rings is 2. The maximum Gasteiger partial charge on any atom is 0.304 e. The van der Waals surface area contributed by atoms with Gasteiger partial charge in [0.15, 0.2) is 0 Å². The van der Waals surface area contributed by atoms with Crippen LogP contribution in [0.5, 0.6) is 0 Å². The van der Waals surface area contributed by atoms with Crippen molar-refractivity contribution in [1.29, 1.82) is 0 Å². The van der Waals surface area contributed by atoms with Crippen molar-refractivity contribution in [2.75, 3.05) is 0 Å². The summed E-state index contributed by atoms with van der Waals surface area (Å²) >= 11 is 18.6. The Morgan fingerprint density at radius 3 is 2.40 bits per heavy atom. The van der Waals surface area contributed by atoms with Crippen molar-refractivity contribution in [1.82, 2.24) is 0 Å². The van der Waals surface area contributed by atoms with Gasteiger partial charge in [0.1, 0.15) is 0 Å². The van der Waals surface area contributed by atoms with Gasteiger partial charge in [-0.05, 0) is 23.3 Å². The molecule has 0 spiro atoms. The predicted octanol–water partition coefficient (Wildman–Crippen LogP) is 5.23. The molecule has 0 fully saturated rings. The third kappa shape index (κ3) is 1.99. The first-order valence-electron chi connectivity index (χ1n) is 5.99. The quantitative estimate of drug-likeness (QED) is 0.819. The molecule has 0 heterocycles. The fraction of sp³-hybridized carbons (Fsp3) is 0.133. The smallest absolute Gasteiger partial charge is 0.304 e. The van der Waals surface area contributed by atoms with Crippen LogP contribution in [-0.2, 0) is 4.79 Å². The molecule has 1 aliphatic carbocycles. The first-order valence-corrected chi connectivity index (χ1v) is 7.12. The average molecular weight is 328 g/mol. The normalized spacial score (nSPS) is 15.8. The molecule has 2 nitrogen and oxygen atoms in total. The van der Waals surface area contributed by atoms with Gasteiger partial charge in [-0.3, -0.25) is 4.79 Å². The molecule has 0 aliphatic heterocycles. The van der Waals surface area contributed by atoms with E-state index in [2.05, 4.69) is 0 Å². The van der Waals surface area contributed by atoms with Gasteiger partial charge in [0.05, 0.1) is 16.5 Å². The molecular weight excluding hydrogens is 319 g/mol. The van der Waals surface area contributed by atoms with Crippen LogP contribution in [0.15, 0.2) is 30.3 Å². The molecule has 0 saturated carbocycles. The highest BCUT2D eigenvalue weighted by Crippen LogP contribution is 2.53. The highest BCUT2D eigenvalue weighted by atomic mass is 35.5. The molecule has 2 aromatic rings. The molecule has 1 unspecified atom stereocenters. The largest absolute Gasteiger partial charge is 0.481 e. The van der Waals surface area contributed by atoms with Crippen LogP contribution in [-0.4, -0.2) is 11.1 Å². The summed E-state index contributed by atoms with van der Waals surface area (Å²) < 4.78 is 0. The van der Waals surface area contributed by atoms with E-state index in [0.29, 0.717) is 15.1 Å². The molecule has 5 heteroatoms. The van der Waals surface area contributed by atoms with Gasteiger partial charge in [0.25, 0.3) is 0 Å². The minimum atomic E-state index is -0.861. The van der Waals surface area contributed by atoms with E-state index in [1.54, 1.807) is 12.1 Å². The second-order valence-electron chi connectivity index (χ2n) is 4.68. The van der Waals surface area contributed by atoms with E-state index in [0.717, 1.165) is 22.3 Å². The Labute approximate surface area is 130 Å². The molecule has 102 valence electrons. The second kappa shape index (κ2) is 4.96. The Morgan fingerprint density at radius 1 is 1.00 bits per heavy atom. The van der Waals surface area contributed by atoms with Gasteiger partial charge < -0.3 is 5.11 Å².